The highest BCUT2D eigenvalue weighted by Gasteiger charge is 2.54. The van der Waals surface area contributed by atoms with Crippen molar-refractivity contribution in [2.45, 2.75) is 51.6 Å². The van der Waals surface area contributed by atoms with E-state index in [2.05, 4.69) is 5.32 Å². The number of hydrogen-bond donors (Lipinski definition) is 1. The molecule has 0 aromatic heterocycles. The molecule has 1 saturated carbocycles. The molecule has 2 rings (SSSR count). The summed E-state index contributed by atoms with van der Waals surface area (Å²) >= 11 is 0. The molecule has 1 aliphatic carbocycles. The van der Waals surface area contributed by atoms with Crippen molar-refractivity contribution in [3.8, 4) is 0 Å². The number of amides is 2. The van der Waals surface area contributed by atoms with Crippen molar-refractivity contribution in [2.75, 3.05) is 6.54 Å². The van der Waals surface area contributed by atoms with Crippen LogP contribution in [0.2, 0.25) is 0 Å². The average molecular weight is 224 g/mol. The van der Waals surface area contributed by atoms with Crippen molar-refractivity contribution >= 4 is 11.8 Å². The van der Waals surface area contributed by atoms with Crippen molar-refractivity contribution in [2.24, 2.45) is 5.92 Å². The largest absolute Gasteiger partial charge is 0.340 e. The molecule has 2 amide bonds. The van der Waals surface area contributed by atoms with E-state index >= 15 is 0 Å². The number of nitrogens with one attached hydrogen (secondary N) is 1. The van der Waals surface area contributed by atoms with Gasteiger partial charge in [0.15, 0.2) is 0 Å². The van der Waals surface area contributed by atoms with Crippen LogP contribution >= 0.6 is 0 Å². The van der Waals surface area contributed by atoms with Crippen molar-refractivity contribution in [3.63, 3.8) is 0 Å². The summed E-state index contributed by atoms with van der Waals surface area (Å²) in [6, 6.07) is -0.274. The molecule has 2 unspecified atom stereocenters. The molecule has 0 aromatic rings. The Labute approximate surface area is 96.4 Å². The van der Waals surface area contributed by atoms with Gasteiger partial charge in [0.05, 0.1) is 0 Å². The Morgan fingerprint density at radius 3 is 2.44 bits per heavy atom. The fraction of sp³-hybridized carbons (Fsp3) is 0.833. The van der Waals surface area contributed by atoms with E-state index < -0.39 is 5.54 Å². The lowest BCUT2D eigenvalue weighted by Crippen LogP contribution is -2.69. The van der Waals surface area contributed by atoms with Crippen LogP contribution in [0.4, 0.5) is 0 Å². The van der Waals surface area contributed by atoms with Crippen molar-refractivity contribution in [3.05, 3.63) is 0 Å². The molecule has 2 aliphatic rings. The monoisotopic (exact) mass is 224 g/mol. The van der Waals surface area contributed by atoms with Crippen LogP contribution < -0.4 is 5.32 Å². The van der Waals surface area contributed by atoms with Gasteiger partial charge in [-0.2, -0.15) is 0 Å². The Morgan fingerprint density at radius 1 is 1.38 bits per heavy atom. The Morgan fingerprint density at radius 2 is 2.00 bits per heavy atom. The molecule has 0 aromatic carbocycles. The van der Waals surface area contributed by atoms with Crippen LogP contribution in [-0.4, -0.2) is 34.8 Å². The van der Waals surface area contributed by atoms with E-state index in [9.17, 15) is 9.59 Å². The molecule has 0 bridgehead atoms. The van der Waals surface area contributed by atoms with E-state index in [4.69, 9.17) is 0 Å². The average Bonchev–Trinajstić information content (AvgIpc) is 3.06. The lowest BCUT2D eigenvalue weighted by Gasteiger charge is -2.44. The van der Waals surface area contributed by atoms with Crippen LogP contribution in [0.5, 0.6) is 0 Å². The predicted octanol–water partition coefficient (Wildman–Crippen LogP) is 0.912. The summed E-state index contributed by atoms with van der Waals surface area (Å²) in [5, 5.41) is 2.94. The van der Waals surface area contributed by atoms with Gasteiger partial charge in [0.2, 0.25) is 11.8 Å². The molecule has 1 saturated heterocycles. The highest BCUT2D eigenvalue weighted by molar-refractivity contribution is 6.00. The van der Waals surface area contributed by atoms with Gasteiger partial charge in [0, 0.05) is 6.54 Å². The SMILES string of the molecule is CCC1C(=O)NC(C)(C2CC2)C(=O)N1CC. The zero-order valence-electron chi connectivity index (χ0n) is 10.2. The number of carbonyl (C=O) groups is 2. The molecular weight excluding hydrogens is 204 g/mol. The molecule has 4 heteroatoms. The minimum absolute atomic E-state index is 0.0124. The van der Waals surface area contributed by atoms with Gasteiger partial charge >= 0.3 is 0 Å². The van der Waals surface area contributed by atoms with Gasteiger partial charge in [-0.3, -0.25) is 9.59 Å². The Balaban J connectivity index is 2.27. The van der Waals surface area contributed by atoms with Gasteiger partial charge in [-0.15, -0.1) is 0 Å². The number of hydrogen-bond acceptors (Lipinski definition) is 2. The Kier molecular flexibility index (Phi) is 2.68. The summed E-state index contributed by atoms with van der Waals surface area (Å²) < 4.78 is 0. The van der Waals surface area contributed by atoms with E-state index in [-0.39, 0.29) is 17.9 Å². The maximum absolute atomic E-state index is 12.4. The van der Waals surface area contributed by atoms with Crippen LogP contribution in [0.25, 0.3) is 0 Å². The number of piperazine rings is 1. The molecule has 1 aliphatic heterocycles. The van der Waals surface area contributed by atoms with Crippen molar-refractivity contribution < 1.29 is 9.59 Å². The second kappa shape index (κ2) is 3.75. The third kappa shape index (κ3) is 1.51. The van der Waals surface area contributed by atoms with Gasteiger partial charge < -0.3 is 10.2 Å². The van der Waals surface area contributed by atoms with Gasteiger partial charge in [0.1, 0.15) is 11.6 Å². The second-order valence-corrected chi connectivity index (χ2v) is 4.98. The first-order chi connectivity index (χ1) is 7.54. The minimum Gasteiger partial charge on any atom is -0.340 e. The summed E-state index contributed by atoms with van der Waals surface area (Å²) in [6.45, 7) is 6.37. The van der Waals surface area contributed by atoms with Crippen LogP contribution in [-0.2, 0) is 9.59 Å². The fourth-order valence-corrected chi connectivity index (χ4v) is 2.68. The Hall–Kier alpha value is -1.06. The first kappa shape index (κ1) is 11.4. The smallest absolute Gasteiger partial charge is 0.248 e. The van der Waals surface area contributed by atoms with E-state index in [1.54, 1.807) is 4.90 Å². The topological polar surface area (TPSA) is 49.4 Å². The number of carbonyl (C=O) groups excluding carboxylic acids is 2. The maximum Gasteiger partial charge on any atom is 0.248 e. The zero-order valence-corrected chi connectivity index (χ0v) is 10.2. The number of likely N-dealkylation sites (N-methyl/N-ethyl adjacent to an activating group) is 1. The van der Waals surface area contributed by atoms with E-state index in [0.717, 1.165) is 12.8 Å². The first-order valence-corrected chi connectivity index (χ1v) is 6.17. The lowest BCUT2D eigenvalue weighted by atomic mass is 9.89. The molecule has 2 atom stereocenters. The second-order valence-electron chi connectivity index (χ2n) is 4.98. The highest BCUT2D eigenvalue weighted by Crippen LogP contribution is 2.42. The summed E-state index contributed by atoms with van der Waals surface area (Å²) in [5.74, 6) is 0.457. The fourth-order valence-electron chi connectivity index (χ4n) is 2.68. The van der Waals surface area contributed by atoms with Crippen molar-refractivity contribution in [1.29, 1.82) is 0 Å². The molecule has 0 spiro atoms. The highest BCUT2D eigenvalue weighted by atomic mass is 16.2. The maximum atomic E-state index is 12.4. The number of rotatable bonds is 3. The van der Waals surface area contributed by atoms with E-state index in [0.29, 0.717) is 18.9 Å². The van der Waals surface area contributed by atoms with Crippen molar-refractivity contribution in [1.82, 2.24) is 10.2 Å². The molecule has 1 N–H and O–H groups in total. The van der Waals surface area contributed by atoms with Gasteiger partial charge in [0.25, 0.3) is 0 Å². The molecular formula is C12H20N2O2. The standard InChI is InChI=1S/C12H20N2O2/c1-4-9-10(15)13-12(3,8-6-7-8)11(16)14(9)5-2/h8-9H,4-7H2,1-3H3,(H,13,15). The predicted molar refractivity (Wildman–Crippen MR) is 60.7 cm³/mol. The third-order valence-corrected chi connectivity index (χ3v) is 3.89. The summed E-state index contributed by atoms with van der Waals surface area (Å²) in [7, 11) is 0. The minimum atomic E-state index is -0.640. The van der Waals surface area contributed by atoms with E-state index in [1.165, 1.54) is 0 Å². The van der Waals surface area contributed by atoms with Gasteiger partial charge in [-0.25, -0.2) is 0 Å². The van der Waals surface area contributed by atoms with E-state index in [1.807, 2.05) is 20.8 Å². The summed E-state index contributed by atoms with van der Waals surface area (Å²) in [6.07, 6.45) is 2.79. The van der Waals surface area contributed by atoms with Gasteiger partial charge in [-0.05, 0) is 39.0 Å². The third-order valence-electron chi connectivity index (χ3n) is 3.89. The molecule has 90 valence electrons. The van der Waals surface area contributed by atoms with Crippen LogP contribution in [0.3, 0.4) is 0 Å². The molecule has 2 fully saturated rings. The Bertz CT molecular complexity index is 325. The normalized spacial score (nSPS) is 35.2. The quantitative estimate of drug-likeness (QED) is 0.774. The number of nitrogens with zero attached hydrogens (tertiary/aromatic N) is 1. The van der Waals surface area contributed by atoms with Crippen LogP contribution in [0.1, 0.15) is 40.0 Å². The summed E-state index contributed by atoms with van der Waals surface area (Å²) in [4.78, 5) is 26.1. The molecule has 4 nitrogen and oxygen atoms in total. The zero-order chi connectivity index (χ0) is 11.9. The first-order valence-electron chi connectivity index (χ1n) is 6.17. The molecule has 0 radical (unpaired) electrons. The molecule has 1 heterocycles. The van der Waals surface area contributed by atoms with Crippen LogP contribution in [0, 0.1) is 5.92 Å². The van der Waals surface area contributed by atoms with Crippen LogP contribution in [0.15, 0.2) is 0 Å². The molecule has 16 heavy (non-hydrogen) atoms. The lowest BCUT2D eigenvalue weighted by molar-refractivity contribution is -0.155. The van der Waals surface area contributed by atoms with Gasteiger partial charge in [-0.1, -0.05) is 6.92 Å². The summed E-state index contributed by atoms with van der Waals surface area (Å²) in [5.41, 5.74) is -0.640.